The smallest absolute Gasteiger partial charge is 0.228 e. The van der Waals surface area contributed by atoms with Crippen molar-refractivity contribution < 1.29 is 4.52 Å². The van der Waals surface area contributed by atoms with Crippen molar-refractivity contribution in [1.82, 2.24) is 20.1 Å². The molecule has 0 aliphatic heterocycles. The van der Waals surface area contributed by atoms with Gasteiger partial charge in [-0.05, 0) is 13.3 Å². The van der Waals surface area contributed by atoms with Gasteiger partial charge in [0, 0.05) is 18.5 Å². The Kier molecular flexibility index (Phi) is 3.71. The highest BCUT2D eigenvalue weighted by Crippen LogP contribution is 2.17. The van der Waals surface area contributed by atoms with Crippen molar-refractivity contribution in [2.24, 2.45) is 0 Å². The summed E-state index contributed by atoms with van der Waals surface area (Å²) in [6.07, 6.45) is 2.89. The molecule has 2 rings (SSSR count). The molecule has 7 heteroatoms. The molecule has 0 aliphatic rings. The fourth-order valence-corrected chi connectivity index (χ4v) is 1.66. The number of nitrogens with two attached hydrogens (primary N) is 1. The Morgan fingerprint density at radius 1 is 1.39 bits per heavy atom. The number of aromatic nitrogens is 4. The van der Waals surface area contributed by atoms with Crippen LogP contribution in [-0.2, 0) is 12.8 Å². The molecule has 2 aromatic heterocycles. The van der Waals surface area contributed by atoms with E-state index in [1.807, 2.05) is 6.92 Å². The summed E-state index contributed by atoms with van der Waals surface area (Å²) in [6.45, 7) is 4.47. The van der Waals surface area contributed by atoms with E-state index in [4.69, 9.17) is 10.3 Å². The maximum atomic E-state index is 5.79. The first kappa shape index (κ1) is 12.3. The van der Waals surface area contributed by atoms with Gasteiger partial charge in [0.25, 0.3) is 0 Å². The van der Waals surface area contributed by atoms with Crippen molar-refractivity contribution in [3.8, 4) is 0 Å². The molecule has 3 N–H and O–H groups in total. The normalized spacial score (nSPS) is 10.6. The van der Waals surface area contributed by atoms with E-state index in [1.54, 1.807) is 6.92 Å². The van der Waals surface area contributed by atoms with Crippen LogP contribution in [-0.4, -0.2) is 26.7 Å². The molecule has 0 saturated carbocycles. The van der Waals surface area contributed by atoms with Crippen molar-refractivity contribution >= 4 is 11.6 Å². The average Bonchev–Trinajstić information content (AvgIpc) is 2.75. The van der Waals surface area contributed by atoms with E-state index in [9.17, 15) is 0 Å². The van der Waals surface area contributed by atoms with E-state index >= 15 is 0 Å². The molecule has 0 atom stereocenters. The second kappa shape index (κ2) is 5.44. The third kappa shape index (κ3) is 2.73. The van der Waals surface area contributed by atoms with Crippen LogP contribution in [0.4, 0.5) is 11.6 Å². The van der Waals surface area contributed by atoms with Gasteiger partial charge in [0.2, 0.25) is 5.89 Å². The molecule has 7 nitrogen and oxygen atoms in total. The number of hydrogen-bond acceptors (Lipinski definition) is 7. The van der Waals surface area contributed by atoms with Crippen molar-refractivity contribution in [1.29, 1.82) is 0 Å². The predicted molar refractivity (Wildman–Crippen MR) is 67.1 cm³/mol. The molecule has 0 fully saturated rings. The molecule has 0 aromatic carbocycles. The number of anilines is 2. The van der Waals surface area contributed by atoms with Gasteiger partial charge in [-0.1, -0.05) is 12.1 Å². The van der Waals surface area contributed by atoms with Crippen LogP contribution in [0, 0.1) is 6.92 Å². The minimum atomic E-state index is 0.517. The zero-order valence-corrected chi connectivity index (χ0v) is 10.5. The summed E-state index contributed by atoms with van der Waals surface area (Å²) in [5.74, 6) is 2.54. The van der Waals surface area contributed by atoms with Crippen LogP contribution >= 0.6 is 0 Å². The average molecular weight is 248 g/mol. The molecular formula is C11H16N6O. The highest BCUT2D eigenvalue weighted by atomic mass is 16.5. The summed E-state index contributed by atoms with van der Waals surface area (Å²) >= 11 is 0. The second-order valence-corrected chi connectivity index (χ2v) is 3.85. The van der Waals surface area contributed by atoms with Crippen molar-refractivity contribution in [2.75, 3.05) is 17.6 Å². The second-order valence-electron chi connectivity index (χ2n) is 3.85. The molecular weight excluding hydrogens is 232 g/mol. The Morgan fingerprint density at radius 3 is 2.89 bits per heavy atom. The Balaban J connectivity index is 1.96. The quantitative estimate of drug-likeness (QED) is 0.812. The van der Waals surface area contributed by atoms with Crippen molar-refractivity contribution in [2.45, 2.75) is 26.7 Å². The maximum Gasteiger partial charge on any atom is 0.228 e. The highest BCUT2D eigenvalue weighted by molar-refractivity contribution is 5.54. The van der Waals surface area contributed by atoms with Gasteiger partial charge >= 0.3 is 0 Å². The van der Waals surface area contributed by atoms with E-state index in [0.29, 0.717) is 30.5 Å². The zero-order valence-electron chi connectivity index (χ0n) is 10.5. The largest absolute Gasteiger partial charge is 0.383 e. The Morgan fingerprint density at radius 2 is 2.22 bits per heavy atom. The standard InChI is InChI=1S/C11H16N6O/c1-3-8-10(12)14-6-15-11(8)13-5-4-9-16-7(2)17-18-9/h6H,3-5H2,1-2H3,(H3,12,13,14,15). The number of nitrogens with one attached hydrogen (secondary N) is 1. The number of nitrogen functional groups attached to an aromatic ring is 1. The van der Waals surface area contributed by atoms with Gasteiger partial charge in [0.05, 0.1) is 0 Å². The lowest BCUT2D eigenvalue weighted by Crippen LogP contribution is -2.10. The first-order valence-corrected chi connectivity index (χ1v) is 5.83. The van der Waals surface area contributed by atoms with E-state index in [2.05, 4.69) is 25.4 Å². The number of hydrogen-bond donors (Lipinski definition) is 2. The summed E-state index contributed by atoms with van der Waals surface area (Å²) < 4.78 is 5.02. The van der Waals surface area contributed by atoms with Gasteiger partial charge in [-0.25, -0.2) is 9.97 Å². The number of aryl methyl sites for hydroxylation is 1. The van der Waals surface area contributed by atoms with Gasteiger partial charge in [0.15, 0.2) is 5.82 Å². The molecule has 0 aliphatic carbocycles. The number of rotatable bonds is 5. The van der Waals surface area contributed by atoms with Crippen LogP contribution < -0.4 is 11.1 Å². The molecule has 2 aromatic rings. The summed E-state index contributed by atoms with van der Waals surface area (Å²) in [6, 6.07) is 0. The third-order valence-corrected chi connectivity index (χ3v) is 2.53. The molecule has 0 radical (unpaired) electrons. The Hall–Kier alpha value is -2.18. The van der Waals surface area contributed by atoms with Gasteiger partial charge < -0.3 is 15.6 Å². The van der Waals surface area contributed by atoms with E-state index in [-0.39, 0.29) is 0 Å². The summed E-state index contributed by atoms with van der Waals surface area (Å²) in [5, 5.41) is 6.93. The molecule has 18 heavy (non-hydrogen) atoms. The topological polar surface area (TPSA) is 103 Å². The molecule has 0 saturated heterocycles. The fraction of sp³-hybridized carbons (Fsp3) is 0.455. The van der Waals surface area contributed by atoms with E-state index < -0.39 is 0 Å². The van der Waals surface area contributed by atoms with Crippen molar-refractivity contribution in [3.63, 3.8) is 0 Å². The maximum absolute atomic E-state index is 5.79. The summed E-state index contributed by atoms with van der Waals surface area (Å²) in [7, 11) is 0. The minimum absolute atomic E-state index is 0.517. The van der Waals surface area contributed by atoms with Crippen LogP contribution in [0.5, 0.6) is 0 Å². The van der Waals surface area contributed by atoms with Gasteiger partial charge in [0.1, 0.15) is 18.0 Å². The van der Waals surface area contributed by atoms with E-state index in [1.165, 1.54) is 6.33 Å². The highest BCUT2D eigenvalue weighted by Gasteiger charge is 2.07. The van der Waals surface area contributed by atoms with E-state index in [0.717, 1.165) is 17.8 Å². The predicted octanol–water partition coefficient (Wildman–Crippen LogP) is 0.967. The van der Waals surface area contributed by atoms with Gasteiger partial charge in [-0.15, -0.1) is 0 Å². The first-order valence-electron chi connectivity index (χ1n) is 5.83. The van der Waals surface area contributed by atoms with Crippen LogP contribution in [0.25, 0.3) is 0 Å². The molecule has 96 valence electrons. The van der Waals surface area contributed by atoms with Crippen LogP contribution in [0.15, 0.2) is 10.9 Å². The molecule has 0 amide bonds. The molecule has 0 unspecified atom stereocenters. The zero-order chi connectivity index (χ0) is 13.0. The van der Waals surface area contributed by atoms with Crippen LogP contribution in [0.3, 0.4) is 0 Å². The van der Waals surface area contributed by atoms with Gasteiger partial charge in [-0.2, -0.15) is 4.98 Å². The molecule has 2 heterocycles. The third-order valence-electron chi connectivity index (χ3n) is 2.53. The molecule has 0 spiro atoms. The monoisotopic (exact) mass is 248 g/mol. The fourth-order valence-electron chi connectivity index (χ4n) is 1.66. The summed E-state index contributed by atoms with van der Waals surface area (Å²) in [4.78, 5) is 12.3. The minimum Gasteiger partial charge on any atom is -0.383 e. The van der Waals surface area contributed by atoms with Crippen molar-refractivity contribution in [3.05, 3.63) is 23.6 Å². The summed E-state index contributed by atoms with van der Waals surface area (Å²) in [5.41, 5.74) is 6.72. The lowest BCUT2D eigenvalue weighted by Gasteiger charge is -2.09. The molecule has 0 bridgehead atoms. The lowest BCUT2D eigenvalue weighted by atomic mass is 10.2. The first-order chi connectivity index (χ1) is 8.70. The Labute approximate surface area is 105 Å². The SMILES string of the molecule is CCc1c(N)ncnc1NCCc1nc(C)no1. The number of nitrogens with zero attached hydrogens (tertiary/aromatic N) is 4. The lowest BCUT2D eigenvalue weighted by molar-refractivity contribution is 0.377. The van der Waals surface area contributed by atoms with Crippen LogP contribution in [0.1, 0.15) is 24.2 Å². The van der Waals surface area contributed by atoms with Crippen LogP contribution in [0.2, 0.25) is 0 Å². The Bertz CT molecular complexity index is 524. The van der Waals surface area contributed by atoms with Gasteiger partial charge in [-0.3, -0.25) is 0 Å².